The Hall–Kier alpha value is -3.65. The summed E-state index contributed by atoms with van der Waals surface area (Å²) in [4.78, 5) is 40.2. The maximum atomic E-state index is 13.1. The summed E-state index contributed by atoms with van der Waals surface area (Å²) in [6, 6.07) is 11.5. The molecule has 1 N–H and O–H groups in total. The third-order valence-electron chi connectivity index (χ3n) is 6.07. The number of hydrogen-bond donors (Lipinski definition) is 1. The van der Waals surface area contributed by atoms with Gasteiger partial charge in [0.1, 0.15) is 25.0 Å². The number of morpholine rings is 1. The average molecular weight is 467 g/mol. The predicted octanol–water partition coefficient (Wildman–Crippen LogP) is 2.37. The number of benzene rings is 2. The number of allylic oxidation sites excluding steroid dienone is 1. The normalized spacial score (nSPS) is 27.7. The summed E-state index contributed by atoms with van der Waals surface area (Å²) in [6.45, 7) is -3.20. The van der Waals surface area contributed by atoms with Gasteiger partial charge in [-0.15, -0.1) is 0 Å². The van der Waals surface area contributed by atoms with Crippen LogP contribution in [0.5, 0.6) is 5.75 Å². The molecular formula is C26H27N3O5. The number of piperidine rings is 1. The van der Waals surface area contributed by atoms with Crippen molar-refractivity contribution in [2.24, 2.45) is 0 Å². The molecule has 0 aromatic heterocycles. The van der Waals surface area contributed by atoms with Crippen molar-refractivity contribution in [1.29, 1.82) is 0 Å². The number of carbonyl (C=O) groups is 3. The van der Waals surface area contributed by atoms with Gasteiger partial charge in [0.05, 0.1) is 20.0 Å². The number of carbonyl (C=O) groups excluding carboxylic acids is 3. The quantitative estimate of drug-likeness (QED) is 0.706. The summed E-state index contributed by atoms with van der Waals surface area (Å²) < 4.78 is 49.8. The van der Waals surface area contributed by atoms with E-state index in [0.717, 1.165) is 5.56 Å². The van der Waals surface area contributed by atoms with Gasteiger partial charge >= 0.3 is 0 Å². The van der Waals surface area contributed by atoms with E-state index in [4.69, 9.17) is 11.6 Å². The molecule has 0 spiro atoms. The first-order valence-electron chi connectivity index (χ1n) is 13.5. The van der Waals surface area contributed by atoms with Crippen molar-refractivity contribution < 1.29 is 30.7 Å². The van der Waals surface area contributed by atoms with Gasteiger partial charge < -0.3 is 24.6 Å². The minimum Gasteiger partial charge on any atom is -0.489 e. The van der Waals surface area contributed by atoms with Crippen molar-refractivity contribution in [2.75, 3.05) is 19.6 Å². The zero-order valence-electron chi connectivity index (χ0n) is 23.4. The van der Waals surface area contributed by atoms with Crippen molar-refractivity contribution in [1.82, 2.24) is 15.1 Å². The molecule has 8 nitrogen and oxygen atoms in total. The fraction of sp³-hybridized carbons (Fsp3) is 0.346. The number of ether oxygens (including phenoxy) is 2. The maximum absolute atomic E-state index is 13.1. The highest BCUT2D eigenvalue weighted by molar-refractivity contribution is 6.02. The first kappa shape index (κ1) is 16.9. The van der Waals surface area contributed by atoms with Gasteiger partial charge in [-0.1, -0.05) is 36.9 Å². The van der Waals surface area contributed by atoms with E-state index in [1.54, 1.807) is 47.4 Å². The molecule has 34 heavy (non-hydrogen) atoms. The van der Waals surface area contributed by atoms with Crippen LogP contribution < -0.4 is 10.1 Å². The number of fused-ring (bicyclic) bond motifs is 1. The van der Waals surface area contributed by atoms with Crippen molar-refractivity contribution >= 4 is 17.7 Å². The van der Waals surface area contributed by atoms with Gasteiger partial charge in [0.2, 0.25) is 11.8 Å². The van der Waals surface area contributed by atoms with E-state index in [9.17, 15) is 14.4 Å². The zero-order chi connectivity index (χ0) is 28.1. The maximum Gasteiger partial charge on any atom is 0.255 e. The fourth-order valence-electron chi connectivity index (χ4n) is 4.26. The molecule has 2 saturated heterocycles. The van der Waals surface area contributed by atoms with Crippen molar-refractivity contribution in [3.63, 3.8) is 0 Å². The summed E-state index contributed by atoms with van der Waals surface area (Å²) >= 11 is 0. The molecule has 3 aliphatic heterocycles. The van der Waals surface area contributed by atoms with Crippen LogP contribution in [0.15, 0.2) is 54.7 Å². The standard InChI is InChI=1S/C26H27N3O5/c1-17-5-10-22(25(31)27-17)29-14-21-20(26(29)32)3-2-4-23(21)34-15-19-8-6-18(7-9-19)13-28-11-12-33-16-24(28)30/h2-4,6-9,22H,1,5,10-16H2,(H,27,31)/i11D2,12D,16D2. The lowest BCUT2D eigenvalue weighted by atomic mass is 10.0. The molecule has 2 aromatic rings. The fourth-order valence-corrected chi connectivity index (χ4v) is 4.26. The van der Waals surface area contributed by atoms with Crippen LogP contribution in [0.25, 0.3) is 0 Å². The number of rotatable bonds is 6. The Morgan fingerprint density at radius 2 is 1.94 bits per heavy atom. The summed E-state index contributed by atoms with van der Waals surface area (Å²) in [7, 11) is 0. The largest absolute Gasteiger partial charge is 0.489 e. The van der Waals surface area contributed by atoms with Crippen LogP contribution in [-0.4, -0.2) is 53.2 Å². The van der Waals surface area contributed by atoms with Crippen LogP contribution in [0, 0.1) is 0 Å². The molecule has 0 bridgehead atoms. The lowest BCUT2D eigenvalue weighted by molar-refractivity contribution is -0.143. The van der Waals surface area contributed by atoms with Crippen molar-refractivity contribution in [2.45, 2.75) is 38.6 Å². The van der Waals surface area contributed by atoms with E-state index >= 15 is 0 Å². The Morgan fingerprint density at radius 1 is 1.15 bits per heavy atom. The molecule has 3 heterocycles. The molecule has 3 aliphatic rings. The summed E-state index contributed by atoms with van der Waals surface area (Å²) in [5, 5.41) is 2.72. The molecule has 0 saturated carbocycles. The molecule has 2 unspecified atom stereocenters. The van der Waals surface area contributed by atoms with Crippen LogP contribution >= 0.6 is 0 Å². The number of nitrogens with zero attached hydrogens (tertiary/aromatic N) is 2. The zero-order valence-corrected chi connectivity index (χ0v) is 18.4. The van der Waals surface area contributed by atoms with Gasteiger partial charge in [-0.05, 0) is 36.1 Å². The second kappa shape index (κ2) is 9.30. The van der Waals surface area contributed by atoms with Crippen LogP contribution in [0.3, 0.4) is 0 Å². The van der Waals surface area contributed by atoms with Crippen LogP contribution in [0.4, 0.5) is 0 Å². The predicted molar refractivity (Wildman–Crippen MR) is 124 cm³/mol. The van der Waals surface area contributed by atoms with Gasteiger partial charge in [0.25, 0.3) is 5.91 Å². The average Bonchev–Trinajstić information content (AvgIpc) is 3.22. The molecule has 5 rings (SSSR count). The van der Waals surface area contributed by atoms with Gasteiger partial charge in [0.15, 0.2) is 0 Å². The van der Waals surface area contributed by atoms with Crippen LogP contribution in [0.1, 0.15) is 46.7 Å². The van der Waals surface area contributed by atoms with Gasteiger partial charge in [-0.25, -0.2) is 0 Å². The monoisotopic (exact) mass is 466 g/mol. The lowest BCUT2D eigenvalue weighted by Crippen LogP contribution is -2.49. The highest BCUT2D eigenvalue weighted by atomic mass is 16.5. The van der Waals surface area contributed by atoms with E-state index in [1.807, 2.05) is 0 Å². The van der Waals surface area contributed by atoms with Crippen LogP contribution in [0.2, 0.25) is 0 Å². The van der Waals surface area contributed by atoms with Crippen LogP contribution in [-0.2, 0) is 34.0 Å². The van der Waals surface area contributed by atoms with E-state index < -0.39 is 31.6 Å². The van der Waals surface area contributed by atoms with E-state index in [0.29, 0.717) is 45.9 Å². The lowest BCUT2D eigenvalue weighted by Gasteiger charge is -2.31. The van der Waals surface area contributed by atoms with Gasteiger partial charge in [0, 0.05) is 29.9 Å². The highest BCUT2D eigenvalue weighted by Gasteiger charge is 2.39. The number of nitrogens with one attached hydrogen (secondary N) is 1. The molecule has 3 amide bonds. The topological polar surface area (TPSA) is 88.2 Å². The molecule has 0 radical (unpaired) electrons. The first-order valence-corrected chi connectivity index (χ1v) is 10.9. The SMILES string of the molecule is [2H]C1OC([2H])([2H])C(=O)N(Cc2ccc(COc3cccc4c3CN(C3CCC(=C)NC3=O)C4=O)cc2)C1([2H])[2H]. The first-order chi connectivity index (χ1) is 18.4. The Balaban J connectivity index is 1.25. The second-order valence-electron chi connectivity index (χ2n) is 8.33. The molecule has 2 aromatic carbocycles. The van der Waals surface area contributed by atoms with Crippen molar-refractivity contribution in [3.05, 3.63) is 77.0 Å². The minimum absolute atomic E-state index is 0.170. The Morgan fingerprint density at radius 3 is 2.74 bits per heavy atom. The second-order valence-corrected chi connectivity index (χ2v) is 8.33. The highest BCUT2D eigenvalue weighted by Crippen LogP contribution is 2.34. The Bertz CT molecular complexity index is 1350. The smallest absolute Gasteiger partial charge is 0.255 e. The molecule has 0 aliphatic carbocycles. The van der Waals surface area contributed by atoms with E-state index in [2.05, 4.69) is 16.6 Å². The van der Waals surface area contributed by atoms with Crippen molar-refractivity contribution in [3.8, 4) is 5.75 Å². The number of amides is 3. The Labute approximate surface area is 205 Å². The molecule has 176 valence electrons. The van der Waals surface area contributed by atoms with Gasteiger partial charge in [-0.3, -0.25) is 14.4 Å². The minimum atomic E-state index is -2.78. The summed E-state index contributed by atoms with van der Waals surface area (Å²) in [5.41, 5.74) is 3.16. The number of hydrogen-bond acceptors (Lipinski definition) is 5. The van der Waals surface area contributed by atoms with Gasteiger partial charge in [-0.2, -0.15) is 0 Å². The molecular weight excluding hydrogens is 434 g/mol. The summed E-state index contributed by atoms with van der Waals surface area (Å²) in [5.74, 6) is -1.11. The summed E-state index contributed by atoms with van der Waals surface area (Å²) in [6.07, 6.45) is 1.12. The van der Waals surface area contributed by atoms with E-state index in [1.165, 1.54) is 0 Å². The van der Waals surface area contributed by atoms with E-state index in [-0.39, 0.29) is 31.5 Å². The molecule has 2 atom stereocenters. The molecule has 8 heteroatoms. The molecule has 2 fully saturated rings. The Kier molecular flexibility index (Phi) is 4.62. The third kappa shape index (κ3) is 4.41. The third-order valence-corrected chi connectivity index (χ3v) is 6.07.